The molecular formula is C19H22ClN3O3S. The first kappa shape index (κ1) is 19.8. The number of rotatable bonds is 7. The second-order valence-corrected chi connectivity index (χ2v) is 8.73. The summed E-state index contributed by atoms with van der Waals surface area (Å²) in [6, 6.07) is 13.0. The van der Waals surface area contributed by atoms with Gasteiger partial charge in [0, 0.05) is 25.2 Å². The molecule has 1 aliphatic heterocycles. The minimum Gasteiger partial charge on any atom is -0.334 e. The molecule has 0 atom stereocenters. The number of carbonyl (C=O) groups excluding carboxylic acids is 1. The van der Waals surface area contributed by atoms with Gasteiger partial charge in [0.2, 0.25) is 10.0 Å². The van der Waals surface area contributed by atoms with Crippen molar-refractivity contribution in [2.75, 3.05) is 20.1 Å². The fourth-order valence-electron chi connectivity index (χ4n) is 3.28. The Bertz CT molecular complexity index is 948. The Kier molecular flexibility index (Phi) is 5.86. The maximum Gasteiger partial charge on any atom is 0.254 e. The van der Waals surface area contributed by atoms with Gasteiger partial charge in [0.05, 0.1) is 5.02 Å². The molecule has 144 valence electrons. The van der Waals surface area contributed by atoms with E-state index in [1.54, 1.807) is 4.90 Å². The highest BCUT2D eigenvalue weighted by Gasteiger charge is 2.30. The second kappa shape index (κ2) is 7.98. The highest BCUT2D eigenvalue weighted by molar-refractivity contribution is 7.89. The van der Waals surface area contributed by atoms with Gasteiger partial charge >= 0.3 is 0 Å². The van der Waals surface area contributed by atoms with Gasteiger partial charge in [0.1, 0.15) is 4.90 Å². The molecule has 0 spiro atoms. The number of hydrogen-bond donors (Lipinski definition) is 1. The third-order valence-electron chi connectivity index (χ3n) is 4.61. The lowest BCUT2D eigenvalue weighted by molar-refractivity contribution is 0.0771. The second-order valence-electron chi connectivity index (χ2n) is 6.79. The third kappa shape index (κ3) is 4.68. The number of nitrogens with zero attached hydrogens (tertiary/aromatic N) is 2. The zero-order chi connectivity index (χ0) is 19.6. The molecule has 1 aliphatic rings. The smallest absolute Gasteiger partial charge is 0.254 e. The van der Waals surface area contributed by atoms with Crippen molar-refractivity contribution < 1.29 is 13.2 Å². The lowest BCUT2D eigenvalue weighted by Gasteiger charge is -2.20. The summed E-state index contributed by atoms with van der Waals surface area (Å²) in [4.78, 5) is 16.3. The topological polar surface area (TPSA) is 83.7 Å². The number of carbonyl (C=O) groups is 1. The van der Waals surface area contributed by atoms with Crippen molar-refractivity contribution in [2.45, 2.75) is 24.4 Å². The van der Waals surface area contributed by atoms with Crippen LogP contribution >= 0.6 is 11.6 Å². The van der Waals surface area contributed by atoms with Gasteiger partial charge < -0.3 is 9.80 Å². The molecule has 0 saturated heterocycles. The maximum atomic E-state index is 12.6. The summed E-state index contributed by atoms with van der Waals surface area (Å²) in [6.07, 6.45) is 0.818. The quantitative estimate of drug-likeness (QED) is 0.764. The van der Waals surface area contributed by atoms with E-state index < -0.39 is 10.0 Å². The van der Waals surface area contributed by atoms with Crippen LogP contribution in [-0.2, 0) is 23.1 Å². The largest absolute Gasteiger partial charge is 0.334 e. The molecule has 8 heteroatoms. The molecule has 0 aromatic heterocycles. The van der Waals surface area contributed by atoms with Gasteiger partial charge in [-0.05, 0) is 43.3 Å². The average Bonchev–Trinajstić information content (AvgIpc) is 2.89. The summed E-state index contributed by atoms with van der Waals surface area (Å²) in [5, 5.41) is 5.22. The molecule has 2 N–H and O–H groups in total. The predicted molar refractivity (Wildman–Crippen MR) is 105 cm³/mol. The Morgan fingerprint density at radius 1 is 1.22 bits per heavy atom. The average molecular weight is 408 g/mol. The molecule has 0 bridgehead atoms. The van der Waals surface area contributed by atoms with Crippen LogP contribution in [0.25, 0.3) is 0 Å². The summed E-state index contributed by atoms with van der Waals surface area (Å²) in [5.74, 6) is -0.183. The van der Waals surface area contributed by atoms with Crippen LogP contribution in [0.2, 0.25) is 5.02 Å². The SMILES string of the molecule is CN(CCCN1Cc2cc(Cl)c(S(N)(=O)=O)cc2C1=O)Cc1ccccc1. The Morgan fingerprint density at radius 2 is 1.93 bits per heavy atom. The van der Waals surface area contributed by atoms with E-state index in [0.717, 1.165) is 25.1 Å². The monoisotopic (exact) mass is 407 g/mol. The van der Waals surface area contributed by atoms with Gasteiger partial charge in [0.15, 0.2) is 0 Å². The van der Waals surface area contributed by atoms with E-state index >= 15 is 0 Å². The standard InChI is InChI=1S/C19H22ClN3O3S/c1-22(12-14-6-3-2-4-7-14)8-5-9-23-13-15-10-17(20)18(27(21,25)26)11-16(15)19(23)24/h2-4,6-7,10-11H,5,8-9,12-13H2,1H3,(H2,21,25,26). The summed E-state index contributed by atoms with van der Waals surface area (Å²) < 4.78 is 23.2. The van der Waals surface area contributed by atoms with Gasteiger partial charge in [-0.15, -0.1) is 0 Å². The zero-order valence-corrected chi connectivity index (χ0v) is 16.6. The molecular weight excluding hydrogens is 386 g/mol. The van der Waals surface area contributed by atoms with E-state index in [4.69, 9.17) is 16.7 Å². The number of halogens is 1. The number of amides is 1. The number of fused-ring (bicyclic) bond motifs is 1. The van der Waals surface area contributed by atoms with Crippen LogP contribution in [0.15, 0.2) is 47.4 Å². The Morgan fingerprint density at radius 3 is 2.59 bits per heavy atom. The molecule has 0 saturated carbocycles. The van der Waals surface area contributed by atoms with E-state index in [-0.39, 0.29) is 15.8 Å². The summed E-state index contributed by atoms with van der Waals surface area (Å²) >= 11 is 6.02. The number of benzene rings is 2. The van der Waals surface area contributed by atoms with Gasteiger partial charge in [-0.3, -0.25) is 4.79 Å². The molecule has 6 nitrogen and oxygen atoms in total. The van der Waals surface area contributed by atoms with Gasteiger partial charge in [-0.25, -0.2) is 13.6 Å². The molecule has 0 radical (unpaired) electrons. The van der Waals surface area contributed by atoms with Crippen LogP contribution < -0.4 is 5.14 Å². The molecule has 1 heterocycles. The molecule has 1 amide bonds. The van der Waals surface area contributed by atoms with E-state index in [2.05, 4.69) is 17.0 Å². The number of primary sulfonamides is 1. The first-order valence-electron chi connectivity index (χ1n) is 8.62. The lowest BCUT2D eigenvalue weighted by atomic mass is 10.1. The van der Waals surface area contributed by atoms with Crippen LogP contribution in [-0.4, -0.2) is 44.3 Å². The molecule has 0 aliphatic carbocycles. The number of hydrogen-bond acceptors (Lipinski definition) is 4. The van der Waals surface area contributed by atoms with Crippen molar-refractivity contribution in [3.63, 3.8) is 0 Å². The molecule has 0 fully saturated rings. The van der Waals surface area contributed by atoms with Crippen LogP contribution in [0.3, 0.4) is 0 Å². The first-order valence-corrected chi connectivity index (χ1v) is 10.5. The lowest BCUT2D eigenvalue weighted by Crippen LogP contribution is -2.28. The zero-order valence-electron chi connectivity index (χ0n) is 15.1. The Balaban J connectivity index is 1.58. The van der Waals surface area contributed by atoms with Crippen LogP contribution in [0.5, 0.6) is 0 Å². The van der Waals surface area contributed by atoms with E-state index in [0.29, 0.717) is 18.7 Å². The molecule has 3 rings (SSSR count). The predicted octanol–water partition coefficient (Wildman–Crippen LogP) is 2.47. The van der Waals surface area contributed by atoms with Gasteiger partial charge in [-0.2, -0.15) is 0 Å². The number of nitrogens with two attached hydrogens (primary N) is 1. The van der Waals surface area contributed by atoms with E-state index in [1.165, 1.54) is 17.7 Å². The van der Waals surface area contributed by atoms with E-state index in [9.17, 15) is 13.2 Å². The molecule has 0 unspecified atom stereocenters. The number of sulfonamides is 1. The maximum absolute atomic E-state index is 12.6. The normalized spacial score (nSPS) is 14.1. The fourth-order valence-corrected chi connectivity index (χ4v) is 4.40. The van der Waals surface area contributed by atoms with Gasteiger partial charge in [0.25, 0.3) is 5.91 Å². The summed E-state index contributed by atoms with van der Waals surface area (Å²) in [7, 11) is -1.92. The molecule has 2 aromatic carbocycles. The van der Waals surface area contributed by atoms with Crippen molar-refractivity contribution in [1.29, 1.82) is 0 Å². The van der Waals surface area contributed by atoms with Crippen LogP contribution in [0, 0.1) is 0 Å². The van der Waals surface area contributed by atoms with Crippen molar-refractivity contribution in [3.05, 3.63) is 64.2 Å². The third-order valence-corrected chi connectivity index (χ3v) is 5.98. The molecule has 2 aromatic rings. The fraction of sp³-hybridized carbons (Fsp3) is 0.316. The minimum absolute atomic E-state index is 0.0495. The van der Waals surface area contributed by atoms with Gasteiger partial charge in [-0.1, -0.05) is 41.9 Å². The van der Waals surface area contributed by atoms with Crippen molar-refractivity contribution >= 4 is 27.5 Å². The first-order chi connectivity index (χ1) is 12.8. The minimum atomic E-state index is -3.96. The summed E-state index contributed by atoms with van der Waals surface area (Å²) in [6.45, 7) is 2.72. The van der Waals surface area contributed by atoms with Crippen molar-refractivity contribution in [1.82, 2.24) is 9.80 Å². The summed E-state index contributed by atoms with van der Waals surface area (Å²) in [5.41, 5.74) is 2.34. The van der Waals surface area contributed by atoms with Crippen molar-refractivity contribution in [2.24, 2.45) is 5.14 Å². The van der Waals surface area contributed by atoms with Crippen LogP contribution in [0.1, 0.15) is 27.9 Å². The van der Waals surface area contributed by atoms with Crippen LogP contribution in [0.4, 0.5) is 0 Å². The Hall–Kier alpha value is -1.93. The Labute approximate surface area is 164 Å². The highest BCUT2D eigenvalue weighted by atomic mass is 35.5. The highest BCUT2D eigenvalue weighted by Crippen LogP contribution is 2.30. The van der Waals surface area contributed by atoms with Crippen molar-refractivity contribution in [3.8, 4) is 0 Å². The molecule has 27 heavy (non-hydrogen) atoms. The van der Waals surface area contributed by atoms with E-state index in [1.807, 2.05) is 25.2 Å².